The van der Waals surface area contributed by atoms with Crippen molar-refractivity contribution in [2.24, 2.45) is 0 Å². The summed E-state index contributed by atoms with van der Waals surface area (Å²) >= 11 is 6.39. The molecule has 1 aliphatic rings. The van der Waals surface area contributed by atoms with E-state index in [0.29, 0.717) is 27.3 Å². The summed E-state index contributed by atoms with van der Waals surface area (Å²) in [6, 6.07) is 5.34. The Balaban J connectivity index is 2.10. The third kappa shape index (κ3) is 4.98. The van der Waals surface area contributed by atoms with Gasteiger partial charge in [-0.25, -0.2) is 0 Å². The van der Waals surface area contributed by atoms with Crippen LogP contribution in [0.2, 0.25) is 0 Å². The molecule has 0 bridgehead atoms. The predicted molar refractivity (Wildman–Crippen MR) is 105 cm³/mol. The van der Waals surface area contributed by atoms with Crippen LogP contribution >= 0.6 is 24.0 Å². The molecule has 2 rings (SSSR count). The number of esters is 1. The first-order valence-electron chi connectivity index (χ1n) is 8.13. The van der Waals surface area contributed by atoms with Gasteiger partial charge in [0.25, 0.3) is 5.91 Å². The van der Waals surface area contributed by atoms with Gasteiger partial charge >= 0.3 is 5.97 Å². The Morgan fingerprint density at radius 1 is 1.27 bits per heavy atom. The van der Waals surface area contributed by atoms with Crippen molar-refractivity contribution in [1.82, 2.24) is 4.90 Å². The average Bonchev–Trinajstić information content (AvgIpc) is 2.89. The van der Waals surface area contributed by atoms with Crippen LogP contribution < -0.4 is 9.47 Å². The predicted octanol–water partition coefficient (Wildman–Crippen LogP) is 3.25. The Morgan fingerprint density at radius 2 is 2.00 bits per heavy atom. The van der Waals surface area contributed by atoms with Crippen LogP contribution in [0.25, 0.3) is 6.08 Å². The fourth-order valence-electron chi connectivity index (χ4n) is 2.24. The molecule has 0 atom stereocenters. The van der Waals surface area contributed by atoms with E-state index in [-0.39, 0.29) is 12.5 Å². The zero-order valence-corrected chi connectivity index (χ0v) is 16.6. The Labute approximate surface area is 162 Å². The van der Waals surface area contributed by atoms with Crippen molar-refractivity contribution in [3.05, 3.63) is 28.7 Å². The summed E-state index contributed by atoms with van der Waals surface area (Å²) in [5.74, 6) is 0.410. The van der Waals surface area contributed by atoms with Gasteiger partial charge in [-0.05, 0) is 30.2 Å². The average molecular weight is 396 g/mol. The first-order chi connectivity index (χ1) is 12.5. The zero-order chi connectivity index (χ0) is 19.1. The molecule has 0 spiro atoms. The van der Waals surface area contributed by atoms with Crippen LogP contribution in [0.4, 0.5) is 0 Å². The van der Waals surface area contributed by atoms with Crippen LogP contribution in [0.5, 0.6) is 11.5 Å². The van der Waals surface area contributed by atoms with Crippen molar-refractivity contribution in [2.75, 3.05) is 27.4 Å². The molecule has 0 unspecified atom stereocenters. The van der Waals surface area contributed by atoms with Gasteiger partial charge in [-0.2, -0.15) is 0 Å². The van der Waals surface area contributed by atoms with E-state index in [1.807, 2.05) is 13.0 Å². The van der Waals surface area contributed by atoms with Crippen molar-refractivity contribution in [3.8, 4) is 11.5 Å². The number of thiocarbonyl (C=S) groups is 1. The number of benzene rings is 1. The lowest BCUT2D eigenvalue weighted by molar-refractivity contribution is -0.146. The molecule has 26 heavy (non-hydrogen) atoms. The van der Waals surface area contributed by atoms with E-state index in [2.05, 4.69) is 0 Å². The number of amides is 1. The van der Waals surface area contributed by atoms with E-state index < -0.39 is 5.97 Å². The van der Waals surface area contributed by atoms with E-state index in [1.54, 1.807) is 32.4 Å². The van der Waals surface area contributed by atoms with E-state index >= 15 is 0 Å². The summed E-state index contributed by atoms with van der Waals surface area (Å²) in [5, 5.41) is 0. The Bertz CT molecular complexity index is 732. The summed E-state index contributed by atoms with van der Waals surface area (Å²) in [6.45, 7) is 2.19. The van der Waals surface area contributed by atoms with Gasteiger partial charge < -0.3 is 14.2 Å². The maximum Gasteiger partial charge on any atom is 0.326 e. The minimum Gasteiger partial charge on any atom is -0.493 e. The highest BCUT2D eigenvalue weighted by atomic mass is 32.2. The smallest absolute Gasteiger partial charge is 0.326 e. The normalized spacial score (nSPS) is 15.5. The molecule has 1 heterocycles. The number of methoxy groups -OCH3 is 2. The third-order valence-electron chi connectivity index (χ3n) is 3.63. The van der Waals surface area contributed by atoms with E-state index in [4.69, 9.17) is 26.4 Å². The van der Waals surface area contributed by atoms with E-state index in [1.165, 1.54) is 4.90 Å². The van der Waals surface area contributed by atoms with Gasteiger partial charge in [0.15, 0.2) is 11.5 Å². The zero-order valence-electron chi connectivity index (χ0n) is 14.9. The molecule has 1 aliphatic heterocycles. The van der Waals surface area contributed by atoms with Gasteiger partial charge in [0.2, 0.25) is 0 Å². The van der Waals surface area contributed by atoms with Crippen molar-refractivity contribution >= 4 is 46.3 Å². The monoisotopic (exact) mass is 395 g/mol. The first-order valence-corrected chi connectivity index (χ1v) is 9.35. The van der Waals surface area contributed by atoms with E-state index in [0.717, 1.165) is 30.2 Å². The Hall–Kier alpha value is -2.06. The molecule has 8 heteroatoms. The summed E-state index contributed by atoms with van der Waals surface area (Å²) in [6.07, 6.45) is 3.44. The Morgan fingerprint density at radius 3 is 2.65 bits per heavy atom. The summed E-state index contributed by atoms with van der Waals surface area (Å²) in [7, 11) is 3.10. The second-order valence-electron chi connectivity index (χ2n) is 5.46. The minimum atomic E-state index is -0.456. The van der Waals surface area contributed by atoms with Gasteiger partial charge in [0, 0.05) is 0 Å². The molecule has 1 aromatic carbocycles. The molecular weight excluding hydrogens is 374 g/mol. The van der Waals surface area contributed by atoms with Crippen LogP contribution in [0.1, 0.15) is 25.3 Å². The van der Waals surface area contributed by atoms with Gasteiger partial charge in [-0.3, -0.25) is 14.5 Å². The maximum absolute atomic E-state index is 12.5. The Kier molecular flexibility index (Phi) is 7.47. The molecule has 0 radical (unpaired) electrons. The number of nitrogens with zero attached hydrogens (tertiary/aromatic N) is 1. The summed E-state index contributed by atoms with van der Waals surface area (Å²) in [5.41, 5.74) is 0.772. The molecule has 1 fully saturated rings. The first kappa shape index (κ1) is 20.3. The highest BCUT2D eigenvalue weighted by molar-refractivity contribution is 8.26. The van der Waals surface area contributed by atoms with Crippen molar-refractivity contribution < 1.29 is 23.8 Å². The molecule has 0 N–H and O–H groups in total. The lowest BCUT2D eigenvalue weighted by atomic mass is 10.2. The van der Waals surface area contributed by atoms with Gasteiger partial charge in [0.05, 0.1) is 25.7 Å². The topological polar surface area (TPSA) is 65.1 Å². The fraction of sp³-hybridized carbons (Fsp3) is 0.389. The van der Waals surface area contributed by atoms with Gasteiger partial charge in [-0.15, -0.1) is 0 Å². The minimum absolute atomic E-state index is 0.169. The SMILES string of the molecule is CCCCOC(=O)CN1C(=O)/C(=C\c2ccc(OC)c(OC)c2)SC1=S. The van der Waals surface area contributed by atoms with Crippen molar-refractivity contribution in [1.29, 1.82) is 0 Å². The standard InChI is InChI=1S/C18H21NO5S2/c1-4-5-8-24-16(20)11-19-17(21)15(26-18(19)25)10-12-6-7-13(22-2)14(9-12)23-3/h6-7,9-10H,4-5,8,11H2,1-3H3/b15-10+. The van der Waals surface area contributed by atoms with Crippen LogP contribution in [0, 0.1) is 0 Å². The van der Waals surface area contributed by atoms with Gasteiger partial charge in [0.1, 0.15) is 10.9 Å². The second kappa shape index (κ2) is 9.59. The molecule has 0 aromatic heterocycles. The fourth-order valence-corrected chi connectivity index (χ4v) is 3.49. The number of hydrogen-bond acceptors (Lipinski definition) is 7. The van der Waals surface area contributed by atoms with Crippen LogP contribution in [0.3, 0.4) is 0 Å². The largest absolute Gasteiger partial charge is 0.493 e. The van der Waals surface area contributed by atoms with Crippen LogP contribution in [-0.2, 0) is 14.3 Å². The third-order valence-corrected chi connectivity index (χ3v) is 5.00. The summed E-state index contributed by atoms with van der Waals surface area (Å²) < 4.78 is 15.9. The number of rotatable bonds is 8. The van der Waals surface area contributed by atoms with Crippen molar-refractivity contribution in [2.45, 2.75) is 19.8 Å². The lowest BCUT2D eigenvalue weighted by Gasteiger charge is -2.13. The quantitative estimate of drug-likeness (QED) is 0.290. The van der Waals surface area contributed by atoms with Crippen molar-refractivity contribution in [3.63, 3.8) is 0 Å². The van der Waals surface area contributed by atoms with Gasteiger partial charge in [-0.1, -0.05) is 43.4 Å². The number of carbonyl (C=O) groups excluding carboxylic acids is 2. The highest BCUT2D eigenvalue weighted by Gasteiger charge is 2.33. The molecule has 6 nitrogen and oxygen atoms in total. The maximum atomic E-state index is 12.5. The number of thioether (sulfide) groups is 1. The molecule has 1 saturated heterocycles. The van der Waals surface area contributed by atoms with Crippen LogP contribution in [0.15, 0.2) is 23.1 Å². The highest BCUT2D eigenvalue weighted by Crippen LogP contribution is 2.34. The number of ether oxygens (including phenoxy) is 3. The molecule has 1 aromatic rings. The molecule has 0 saturated carbocycles. The molecule has 140 valence electrons. The summed E-state index contributed by atoms with van der Waals surface area (Å²) in [4.78, 5) is 26.1. The van der Waals surface area contributed by atoms with Crippen LogP contribution in [-0.4, -0.2) is 48.5 Å². The number of carbonyl (C=O) groups is 2. The second-order valence-corrected chi connectivity index (χ2v) is 7.13. The number of hydrogen-bond donors (Lipinski definition) is 0. The lowest BCUT2D eigenvalue weighted by Crippen LogP contribution is -2.34. The molecule has 1 amide bonds. The molecular formula is C18H21NO5S2. The van der Waals surface area contributed by atoms with E-state index in [9.17, 15) is 9.59 Å². The number of unbranched alkanes of at least 4 members (excludes halogenated alkanes) is 1. The molecule has 0 aliphatic carbocycles.